The summed E-state index contributed by atoms with van der Waals surface area (Å²) in [5.74, 6) is 0. The van der Waals surface area contributed by atoms with Gasteiger partial charge in [-0.2, -0.15) is 0 Å². The lowest BCUT2D eigenvalue weighted by Gasteiger charge is -2.21. The summed E-state index contributed by atoms with van der Waals surface area (Å²) < 4.78 is 25.1. The van der Waals surface area contributed by atoms with Crippen LogP contribution in [0.25, 0.3) is 0 Å². The quantitative estimate of drug-likeness (QED) is 0.826. The molecule has 20 heavy (non-hydrogen) atoms. The first-order valence-corrected chi connectivity index (χ1v) is 8.16. The number of nitrogens with one attached hydrogen (secondary N) is 1. The molecule has 6 heteroatoms. The average Bonchev–Trinajstić information content (AvgIpc) is 2.38. The Bertz CT molecular complexity index is 510. The van der Waals surface area contributed by atoms with Crippen molar-refractivity contribution in [3.8, 4) is 0 Å². The second-order valence-corrected chi connectivity index (χ2v) is 7.46. The van der Waals surface area contributed by atoms with Crippen molar-refractivity contribution in [2.75, 3.05) is 39.1 Å². The zero-order valence-electron chi connectivity index (χ0n) is 12.9. The molecule has 0 radical (unpaired) electrons. The Labute approximate surface area is 122 Å². The molecule has 1 aromatic carbocycles. The fraction of sp³-hybridized carbons (Fsp3) is 0.571. The Hall–Kier alpha value is -1.11. The van der Waals surface area contributed by atoms with E-state index in [1.807, 2.05) is 19.2 Å². The predicted molar refractivity (Wildman–Crippen MR) is 83.7 cm³/mol. The highest BCUT2D eigenvalue weighted by Gasteiger charge is 2.16. The third-order valence-electron chi connectivity index (χ3n) is 3.06. The maximum absolute atomic E-state index is 12.0. The van der Waals surface area contributed by atoms with Gasteiger partial charge >= 0.3 is 0 Å². The molecule has 0 amide bonds. The molecule has 114 valence electrons. The van der Waals surface area contributed by atoms with Crippen molar-refractivity contribution < 1.29 is 8.42 Å². The van der Waals surface area contributed by atoms with Crippen molar-refractivity contribution in [1.82, 2.24) is 9.62 Å². The summed E-state index contributed by atoms with van der Waals surface area (Å²) in [6.45, 7) is 5.99. The van der Waals surface area contributed by atoms with E-state index in [1.165, 1.54) is 18.4 Å². The maximum atomic E-state index is 12.0. The molecule has 0 bridgehead atoms. The van der Waals surface area contributed by atoms with E-state index in [0.717, 1.165) is 18.8 Å². The van der Waals surface area contributed by atoms with Crippen LogP contribution in [-0.4, -0.2) is 53.0 Å². The summed E-state index contributed by atoms with van der Waals surface area (Å²) in [6, 6.07) is 7.45. The molecule has 1 N–H and O–H groups in total. The van der Waals surface area contributed by atoms with Gasteiger partial charge in [-0.1, -0.05) is 13.8 Å². The topological polar surface area (TPSA) is 52.7 Å². The molecular formula is C14H25N3O2S. The van der Waals surface area contributed by atoms with Crippen molar-refractivity contribution in [3.63, 3.8) is 0 Å². The van der Waals surface area contributed by atoms with Crippen LogP contribution >= 0.6 is 0 Å². The number of sulfonamides is 1. The fourth-order valence-electron chi connectivity index (χ4n) is 1.73. The molecule has 1 rings (SSSR count). The number of hydrogen-bond acceptors (Lipinski definition) is 4. The van der Waals surface area contributed by atoms with Crippen LogP contribution in [0.3, 0.4) is 0 Å². The average molecular weight is 299 g/mol. The first kappa shape index (κ1) is 16.9. The van der Waals surface area contributed by atoms with E-state index in [2.05, 4.69) is 24.1 Å². The lowest BCUT2D eigenvalue weighted by molar-refractivity contribution is 0.520. The number of benzene rings is 1. The molecule has 0 aliphatic heterocycles. The molecule has 0 aliphatic carbocycles. The summed E-state index contributed by atoms with van der Waals surface area (Å²) >= 11 is 0. The third-order valence-corrected chi connectivity index (χ3v) is 4.89. The Morgan fingerprint density at radius 2 is 1.65 bits per heavy atom. The van der Waals surface area contributed by atoms with E-state index < -0.39 is 10.0 Å². The highest BCUT2D eigenvalue weighted by Crippen LogP contribution is 2.18. The van der Waals surface area contributed by atoms with Crippen molar-refractivity contribution in [3.05, 3.63) is 24.3 Å². The van der Waals surface area contributed by atoms with Crippen LogP contribution in [0, 0.1) is 0 Å². The summed E-state index contributed by atoms with van der Waals surface area (Å²) in [5, 5.41) is 3.35. The van der Waals surface area contributed by atoms with Gasteiger partial charge in [0.2, 0.25) is 10.0 Å². The van der Waals surface area contributed by atoms with E-state index in [4.69, 9.17) is 0 Å². The first-order chi connectivity index (χ1) is 9.25. The lowest BCUT2D eigenvalue weighted by Crippen LogP contribution is -2.32. The molecule has 0 unspecified atom stereocenters. The normalized spacial score (nSPS) is 12.2. The summed E-state index contributed by atoms with van der Waals surface area (Å²) in [5.41, 5.74) is 1.01. The largest absolute Gasteiger partial charge is 0.373 e. The van der Waals surface area contributed by atoms with Gasteiger partial charge in [0.1, 0.15) is 0 Å². The number of likely N-dealkylation sites (N-methyl/N-ethyl adjacent to an activating group) is 1. The highest BCUT2D eigenvalue weighted by molar-refractivity contribution is 7.89. The molecule has 5 nitrogen and oxygen atoms in total. The molecule has 0 heterocycles. The van der Waals surface area contributed by atoms with E-state index in [1.54, 1.807) is 12.1 Å². The second kappa shape index (κ2) is 7.06. The van der Waals surface area contributed by atoms with Crippen molar-refractivity contribution in [2.45, 2.75) is 24.8 Å². The molecule has 0 atom stereocenters. The lowest BCUT2D eigenvalue weighted by atomic mass is 10.3. The van der Waals surface area contributed by atoms with Gasteiger partial charge in [0.05, 0.1) is 4.90 Å². The van der Waals surface area contributed by atoms with Gasteiger partial charge in [0.15, 0.2) is 0 Å². The Balaban J connectivity index is 2.72. The molecule has 0 aromatic heterocycles. The Kier molecular flexibility index (Phi) is 5.98. The number of nitrogens with zero attached hydrogens (tertiary/aromatic N) is 2. The molecule has 0 saturated carbocycles. The minimum absolute atomic E-state index is 0.319. The van der Waals surface area contributed by atoms with Crippen LogP contribution in [0.15, 0.2) is 29.2 Å². The molecular weight excluding hydrogens is 274 g/mol. The van der Waals surface area contributed by atoms with Crippen LogP contribution in [0.5, 0.6) is 0 Å². The zero-order valence-corrected chi connectivity index (χ0v) is 13.7. The van der Waals surface area contributed by atoms with Crippen LogP contribution in [-0.2, 0) is 10.0 Å². The van der Waals surface area contributed by atoms with Gasteiger partial charge in [-0.3, -0.25) is 0 Å². The number of hydrogen-bond donors (Lipinski definition) is 1. The number of rotatable bonds is 7. The standard InChI is InChI=1S/C14H25N3O2S/c1-12(2)15-10-11-17(5)13-6-8-14(9-7-13)20(18,19)16(3)4/h6-9,12,15H,10-11H2,1-5H3. The van der Waals surface area contributed by atoms with E-state index in [0.29, 0.717) is 10.9 Å². The Morgan fingerprint density at radius 1 is 1.10 bits per heavy atom. The third kappa shape index (κ3) is 4.47. The van der Waals surface area contributed by atoms with Crippen LogP contribution < -0.4 is 10.2 Å². The smallest absolute Gasteiger partial charge is 0.242 e. The van der Waals surface area contributed by atoms with E-state index >= 15 is 0 Å². The second-order valence-electron chi connectivity index (χ2n) is 5.31. The fourth-order valence-corrected chi connectivity index (χ4v) is 2.64. The van der Waals surface area contributed by atoms with Gasteiger partial charge in [-0.05, 0) is 24.3 Å². The molecule has 0 spiro atoms. The maximum Gasteiger partial charge on any atom is 0.242 e. The van der Waals surface area contributed by atoms with Gasteiger partial charge in [0.25, 0.3) is 0 Å². The minimum Gasteiger partial charge on any atom is -0.373 e. The van der Waals surface area contributed by atoms with Crippen molar-refractivity contribution in [1.29, 1.82) is 0 Å². The van der Waals surface area contributed by atoms with Gasteiger partial charge in [0, 0.05) is 46.0 Å². The molecule has 0 aliphatic rings. The summed E-state index contributed by atoms with van der Waals surface area (Å²) in [4.78, 5) is 2.42. The minimum atomic E-state index is -3.35. The van der Waals surface area contributed by atoms with Crippen LogP contribution in [0.1, 0.15) is 13.8 Å². The zero-order chi connectivity index (χ0) is 15.3. The van der Waals surface area contributed by atoms with Gasteiger partial charge in [-0.15, -0.1) is 0 Å². The molecule has 0 fully saturated rings. The molecule has 0 saturated heterocycles. The van der Waals surface area contributed by atoms with Crippen LogP contribution in [0.2, 0.25) is 0 Å². The number of anilines is 1. The first-order valence-electron chi connectivity index (χ1n) is 6.72. The molecule has 1 aromatic rings. The van der Waals surface area contributed by atoms with Crippen molar-refractivity contribution in [2.24, 2.45) is 0 Å². The van der Waals surface area contributed by atoms with Gasteiger partial charge in [-0.25, -0.2) is 12.7 Å². The van der Waals surface area contributed by atoms with Crippen molar-refractivity contribution >= 4 is 15.7 Å². The Morgan fingerprint density at radius 3 is 2.10 bits per heavy atom. The van der Waals surface area contributed by atoms with Crippen LogP contribution in [0.4, 0.5) is 5.69 Å². The summed E-state index contributed by atoms with van der Waals surface area (Å²) in [6.07, 6.45) is 0. The highest BCUT2D eigenvalue weighted by atomic mass is 32.2. The summed E-state index contributed by atoms with van der Waals surface area (Å²) in [7, 11) is 1.72. The monoisotopic (exact) mass is 299 g/mol. The van der Waals surface area contributed by atoms with E-state index in [-0.39, 0.29) is 0 Å². The SMILES string of the molecule is CC(C)NCCN(C)c1ccc(S(=O)(=O)N(C)C)cc1. The van der Waals surface area contributed by atoms with E-state index in [9.17, 15) is 8.42 Å². The van der Waals surface area contributed by atoms with Gasteiger partial charge < -0.3 is 10.2 Å². The predicted octanol–water partition coefficient (Wildman–Crippen LogP) is 1.37.